The molecule has 33 heavy (non-hydrogen) atoms. The number of aliphatic imine (C=N–C) groups is 1. The predicted molar refractivity (Wildman–Crippen MR) is 142 cm³/mol. The van der Waals surface area contributed by atoms with Gasteiger partial charge in [0.05, 0.1) is 12.2 Å². The molecule has 1 aromatic heterocycles. The van der Waals surface area contributed by atoms with Crippen molar-refractivity contribution in [2.75, 3.05) is 13.1 Å². The third-order valence-corrected chi connectivity index (χ3v) is 4.52. The lowest BCUT2D eigenvalue weighted by Gasteiger charge is -2.24. The molecule has 9 nitrogen and oxygen atoms in total. The molecule has 10 heteroatoms. The number of halogens is 1. The third-order valence-electron chi connectivity index (χ3n) is 4.52. The molecule has 1 atom stereocenters. The molecule has 0 saturated heterocycles. The quantitative estimate of drug-likeness (QED) is 0.226. The van der Waals surface area contributed by atoms with Crippen LogP contribution in [0.4, 0.5) is 4.79 Å². The second-order valence-corrected chi connectivity index (χ2v) is 8.57. The minimum atomic E-state index is -0.518. The maximum atomic E-state index is 12.1. The number of unbranched alkanes of at least 4 members (excludes halogenated alkanes) is 1. The van der Waals surface area contributed by atoms with Crippen molar-refractivity contribution in [2.24, 2.45) is 4.99 Å². The van der Waals surface area contributed by atoms with Gasteiger partial charge >= 0.3 is 6.09 Å². The molecule has 3 N–H and O–H groups in total. The number of aromatic nitrogens is 3. The number of alkyl carbamates (subject to hydrolysis) is 1. The van der Waals surface area contributed by atoms with E-state index in [1.807, 2.05) is 52.0 Å². The Morgan fingerprint density at radius 2 is 1.91 bits per heavy atom. The molecular formula is C23H38IN7O2. The minimum Gasteiger partial charge on any atom is -0.444 e. The largest absolute Gasteiger partial charge is 0.444 e. The Balaban J connectivity index is 0.00000544. The molecule has 0 aliphatic heterocycles. The van der Waals surface area contributed by atoms with Crippen LogP contribution in [-0.2, 0) is 11.3 Å². The van der Waals surface area contributed by atoms with Crippen LogP contribution in [0.1, 0.15) is 59.4 Å². The number of carbonyl (C=O) groups excluding carboxylic acids is 1. The van der Waals surface area contributed by atoms with Crippen LogP contribution in [0.15, 0.2) is 41.9 Å². The number of hydrogen-bond donors (Lipinski definition) is 3. The molecule has 0 aliphatic carbocycles. The van der Waals surface area contributed by atoms with Crippen LogP contribution in [0.25, 0.3) is 5.69 Å². The molecule has 1 amide bonds. The van der Waals surface area contributed by atoms with Crippen LogP contribution in [-0.4, -0.2) is 51.5 Å². The Bertz CT molecular complexity index is 833. The number of guanidine groups is 1. The zero-order valence-corrected chi connectivity index (χ0v) is 22.6. The van der Waals surface area contributed by atoms with E-state index in [0.29, 0.717) is 13.1 Å². The normalized spacial score (nSPS) is 12.5. The van der Waals surface area contributed by atoms with E-state index >= 15 is 0 Å². The summed E-state index contributed by atoms with van der Waals surface area (Å²) in [5.74, 6) is 0.722. The highest BCUT2D eigenvalue weighted by Crippen LogP contribution is 2.09. The summed E-state index contributed by atoms with van der Waals surface area (Å²) < 4.78 is 7.07. The summed E-state index contributed by atoms with van der Waals surface area (Å²) >= 11 is 0. The highest BCUT2D eigenvalue weighted by atomic mass is 127. The number of nitrogens with one attached hydrogen (secondary N) is 3. The molecule has 0 aliphatic rings. The van der Waals surface area contributed by atoms with Gasteiger partial charge in [-0.05, 0) is 51.8 Å². The van der Waals surface area contributed by atoms with Crippen LogP contribution in [0.5, 0.6) is 0 Å². The fourth-order valence-corrected chi connectivity index (χ4v) is 2.98. The lowest BCUT2D eigenvalue weighted by Crippen LogP contribution is -2.49. The molecule has 0 bridgehead atoms. The first-order valence-corrected chi connectivity index (χ1v) is 11.3. The second kappa shape index (κ2) is 14.7. The summed E-state index contributed by atoms with van der Waals surface area (Å²) in [5, 5.41) is 13.8. The highest BCUT2D eigenvalue weighted by Gasteiger charge is 2.18. The Kier molecular flexibility index (Phi) is 12.8. The lowest BCUT2D eigenvalue weighted by atomic mass is 10.1. The molecular weight excluding hydrogens is 533 g/mol. The molecule has 0 fully saturated rings. The SMILES string of the molecule is CCCCC(CNC(=O)OC(C)(C)C)NC(=NCc1ccc(-n2cncn2)cc1)NCC.I. The maximum Gasteiger partial charge on any atom is 0.407 e. The number of rotatable bonds is 10. The molecule has 0 radical (unpaired) electrons. The molecule has 184 valence electrons. The van der Waals surface area contributed by atoms with E-state index < -0.39 is 11.7 Å². The standard InChI is InChI=1S/C23H37N7O2.HI/c1-6-8-9-19(15-27-22(31)32-23(3,4)5)29-21(25-7-2)26-14-18-10-12-20(13-11-18)30-17-24-16-28-30;/h10-13,16-17,19H,6-9,14-15H2,1-5H3,(H,27,31)(H2,25,26,29);1H. The van der Waals surface area contributed by atoms with Crippen molar-refractivity contribution >= 4 is 36.0 Å². The van der Waals surface area contributed by atoms with E-state index in [0.717, 1.165) is 43.0 Å². The Morgan fingerprint density at radius 1 is 1.18 bits per heavy atom. The van der Waals surface area contributed by atoms with E-state index in [-0.39, 0.29) is 30.0 Å². The molecule has 0 spiro atoms. The fourth-order valence-electron chi connectivity index (χ4n) is 2.98. The highest BCUT2D eigenvalue weighted by molar-refractivity contribution is 14.0. The van der Waals surface area contributed by atoms with Gasteiger partial charge in [-0.15, -0.1) is 24.0 Å². The number of ether oxygens (including phenoxy) is 1. The first-order valence-electron chi connectivity index (χ1n) is 11.3. The zero-order valence-electron chi connectivity index (χ0n) is 20.3. The Labute approximate surface area is 214 Å². The van der Waals surface area contributed by atoms with Gasteiger partial charge < -0.3 is 20.7 Å². The molecule has 2 aromatic rings. The van der Waals surface area contributed by atoms with Gasteiger partial charge in [0, 0.05) is 19.1 Å². The van der Waals surface area contributed by atoms with Gasteiger partial charge in [-0.1, -0.05) is 31.9 Å². The van der Waals surface area contributed by atoms with Gasteiger partial charge in [0.15, 0.2) is 5.96 Å². The first-order chi connectivity index (χ1) is 15.3. The summed E-state index contributed by atoms with van der Waals surface area (Å²) in [5.41, 5.74) is 1.52. The Morgan fingerprint density at radius 3 is 2.48 bits per heavy atom. The Hall–Kier alpha value is -2.37. The van der Waals surface area contributed by atoms with E-state index in [4.69, 9.17) is 9.73 Å². The lowest BCUT2D eigenvalue weighted by molar-refractivity contribution is 0.0522. The van der Waals surface area contributed by atoms with E-state index in [2.05, 4.69) is 33.0 Å². The fraction of sp³-hybridized carbons (Fsp3) is 0.565. The van der Waals surface area contributed by atoms with E-state index in [1.165, 1.54) is 6.33 Å². The number of benzene rings is 1. The van der Waals surface area contributed by atoms with Gasteiger partial charge in [-0.3, -0.25) is 0 Å². The third kappa shape index (κ3) is 11.4. The van der Waals surface area contributed by atoms with Crippen LogP contribution >= 0.6 is 24.0 Å². The summed E-state index contributed by atoms with van der Waals surface area (Å²) in [6.45, 7) is 11.5. The van der Waals surface area contributed by atoms with E-state index in [9.17, 15) is 4.79 Å². The first kappa shape index (κ1) is 28.7. The van der Waals surface area contributed by atoms with E-state index in [1.54, 1.807) is 11.0 Å². The van der Waals surface area contributed by atoms with Crippen molar-refractivity contribution < 1.29 is 9.53 Å². The average molecular weight is 572 g/mol. The number of carbonyl (C=O) groups is 1. The van der Waals surface area contributed by atoms with Crippen molar-refractivity contribution in [3.8, 4) is 5.69 Å². The van der Waals surface area contributed by atoms with Crippen molar-refractivity contribution in [3.05, 3.63) is 42.5 Å². The molecule has 0 saturated carbocycles. The van der Waals surface area contributed by atoms with Crippen LogP contribution < -0.4 is 16.0 Å². The number of amides is 1. The maximum absolute atomic E-state index is 12.1. The average Bonchev–Trinajstić information content (AvgIpc) is 3.28. The minimum absolute atomic E-state index is 0. The molecule has 2 rings (SSSR count). The summed E-state index contributed by atoms with van der Waals surface area (Å²) in [4.78, 5) is 20.8. The van der Waals surface area contributed by atoms with Gasteiger partial charge in [0.2, 0.25) is 0 Å². The second-order valence-electron chi connectivity index (χ2n) is 8.57. The smallest absolute Gasteiger partial charge is 0.407 e. The molecule has 1 heterocycles. The summed E-state index contributed by atoms with van der Waals surface area (Å²) in [7, 11) is 0. The number of nitrogens with zero attached hydrogens (tertiary/aromatic N) is 4. The zero-order chi connectivity index (χ0) is 23.4. The molecule has 1 unspecified atom stereocenters. The van der Waals surface area contributed by atoms with Crippen molar-refractivity contribution in [2.45, 2.75) is 72.1 Å². The van der Waals surface area contributed by atoms with Gasteiger partial charge in [-0.25, -0.2) is 19.5 Å². The van der Waals surface area contributed by atoms with Crippen LogP contribution in [0.3, 0.4) is 0 Å². The van der Waals surface area contributed by atoms with Crippen molar-refractivity contribution in [1.29, 1.82) is 0 Å². The van der Waals surface area contributed by atoms with Gasteiger partial charge in [0.1, 0.15) is 18.3 Å². The topological polar surface area (TPSA) is 105 Å². The predicted octanol–water partition coefficient (Wildman–Crippen LogP) is 4.02. The van der Waals surface area contributed by atoms with Crippen LogP contribution in [0.2, 0.25) is 0 Å². The monoisotopic (exact) mass is 571 g/mol. The van der Waals surface area contributed by atoms with Crippen molar-refractivity contribution in [1.82, 2.24) is 30.7 Å². The molecule has 1 aromatic carbocycles. The van der Waals surface area contributed by atoms with Gasteiger partial charge in [0.25, 0.3) is 0 Å². The van der Waals surface area contributed by atoms with Crippen molar-refractivity contribution in [3.63, 3.8) is 0 Å². The van der Waals surface area contributed by atoms with Crippen LogP contribution in [0, 0.1) is 0 Å². The summed E-state index contributed by atoms with van der Waals surface area (Å²) in [6.07, 6.45) is 5.83. The van der Waals surface area contributed by atoms with Gasteiger partial charge in [-0.2, -0.15) is 5.10 Å². The summed E-state index contributed by atoms with van der Waals surface area (Å²) in [6, 6.07) is 8.10. The number of hydrogen-bond acceptors (Lipinski definition) is 5.